The Morgan fingerprint density at radius 1 is 1.06 bits per heavy atom. The SMILES string of the molecule is Nc1ncc(CN2CCC(F)(C(=O)N3CCC(COc4c(F)cc(F)cc4F)CC3)CC2)cn1. The van der Waals surface area contributed by atoms with Crippen LogP contribution in [0.15, 0.2) is 24.5 Å². The van der Waals surface area contributed by atoms with E-state index in [2.05, 4.69) is 14.9 Å². The fraction of sp³-hybridized carbons (Fsp3) is 0.522. The van der Waals surface area contributed by atoms with Crippen molar-refractivity contribution < 1.29 is 27.1 Å². The van der Waals surface area contributed by atoms with Gasteiger partial charge in [0.25, 0.3) is 5.91 Å². The largest absolute Gasteiger partial charge is 0.487 e. The van der Waals surface area contributed by atoms with Crippen LogP contribution in [0.1, 0.15) is 31.2 Å². The minimum Gasteiger partial charge on any atom is -0.487 e. The van der Waals surface area contributed by atoms with E-state index in [9.17, 15) is 18.0 Å². The summed E-state index contributed by atoms with van der Waals surface area (Å²) in [7, 11) is 0. The minimum absolute atomic E-state index is 0.0338. The molecule has 0 atom stereocenters. The molecule has 184 valence electrons. The fourth-order valence-electron chi connectivity index (χ4n) is 4.44. The molecule has 0 saturated carbocycles. The summed E-state index contributed by atoms with van der Waals surface area (Å²) >= 11 is 0. The number of likely N-dealkylation sites (tertiary alicyclic amines) is 2. The molecule has 2 aromatic rings. The van der Waals surface area contributed by atoms with Gasteiger partial charge in [0.15, 0.2) is 23.1 Å². The van der Waals surface area contributed by atoms with Gasteiger partial charge in [0, 0.05) is 75.7 Å². The number of nitrogens with zero attached hydrogens (tertiary/aromatic N) is 4. The highest BCUT2D eigenvalue weighted by Crippen LogP contribution is 2.32. The van der Waals surface area contributed by atoms with Crippen molar-refractivity contribution in [1.82, 2.24) is 19.8 Å². The molecule has 0 radical (unpaired) electrons. The molecule has 2 aliphatic heterocycles. The molecule has 1 aromatic carbocycles. The normalized spacial score (nSPS) is 19.2. The van der Waals surface area contributed by atoms with Crippen LogP contribution in [0.3, 0.4) is 0 Å². The van der Waals surface area contributed by atoms with Crippen molar-refractivity contribution in [3.63, 3.8) is 0 Å². The molecule has 11 heteroatoms. The smallest absolute Gasteiger partial charge is 0.260 e. The highest BCUT2D eigenvalue weighted by atomic mass is 19.2. The third-order valence-electron chi connectivity index (χ3n) is 6.49. The summed E-state index contributed by atoms with van der Waals surface area (Å²) in [5.74, 6) is -4.18. The summed E-state index contributed by atoms with van der Waals surface area (Å²) in [5.41, 5.74) is 4.46. The van der Waals surface area contributed by atoms with Crippen molar-refractivity contribution in [3.05, 3.63) is 47.5 Å². The Hall–Kier alpha value is -2.95. The molecule has 0 unspecified atom stereocenters. The van der Waals surface area contributed by atoms with E-state index < -0.39 is 34.8 Å². The van der Waals surface area contributed by atoms with Gasteiger partial charge in [-0.25, -0.2) is 27.5 Å². The number of rotatable bonds is 6. The van der Waals surface area contributed by atoms with Gasteiger partial charge in [-0.1, -0.05) is 0 Å². The summed E-state index contributed by atoms with van der Waals surface area (Å²) in [6, 6.07) is 1.13. The lowest BCUT2D eigenvalue weighted by Crippen LogP contribution is -2.54. The van der Waals surface area contributed by atoms with E-state index in [0.717, 1.165) is 5.56 Å². The fourth-order valence-corrected chi connectivity index (χ4v) is 4.44. The number of piperidine rings is 2. The number of nitrogens with two attached hydrogens (primary N) is 1. The van der Waals surface area contributed by atoms with Crippen molar-refractivity contribution in [2.75, 3.05) is 38.5 Å². The molecule has 2 fully saturated rings. The molecule has 0 aliphatic carbocycles. The molecule has 1 aromatic heterocycles. The highest BCUT2D eigenvalue weighted by molar-refractivity contribution is 5.85. The molecule has 2 N–H and O–H groups in total. The first-order valence-electron chi connectivity index (χ1n) is 11.3. The monoisotopic (exact) mass is 481 g/mol. The molecule has 2 aliphatic rings. The molecular weight excluding hydrogens is 454 g/mol. The van der Waals surface area contributed by atoms with Gasteiger partial charge in [0.2, 0.25) is 5.95 Å². The van der Waals surface area contributed by atoms with Crippen molar-refractivity contribution in [3.8, 4) is 5.75 Å². The predicted octanol–water partition coefficient (Wildman–Crippen LogP) is 3.10. The van der Waals surface area contributed by atoms with Crippen LogP contribution in [-0.4, -0.2) is 64.1 Å². The Balaban J connectivity index is 1.23. The first-order valence-corrected chi connectivity index (χ1v) is 11.3. The van der Waals surface area contributed by atoms with Gasteiger partial charge in [-0.2, -0.15) is 0 Å². The summed E-state index contributed by atoms with van der Waals surface area (Å²) < 4.78 is 61.2. The lowest BCUT2D eigenvalue weighted by molar-refractivity contribution is -0.149. The standard InChI is InChI=1S/C23H27F4N5O2/c24-17-9-18(25)20(19(26)10-17)34-14-15-1-5-32(6-2-15)21(33)23(27)3-7-31(8-4-23)13-16-11-29-22(28)30-12-16/h9-12,15H,1-8,13-14H2,(H2,28,29,30). The number of ether oxygens (including phenoxy) is 1. The Morgan fingerprint density at radius 2 is 1.65 bits per heavy atom. The molecular formula is C23H27F4N5O2. The van der Waals surface area contributed by atoms with Crippen molar-refractivity contribution in [1.29, 1.82) is 0 Å². The van der Waals surface area contributed by atoms with E-state index in [1.165, 1.54) is 4.90 Å². The molecule has 1 amide bonds. The molecule has 34 heavy (non-hydrogen) atoms. The molecule has 4 rings (SSSR count). The van der Waals surface area contributed by atoms with Crippen molar-refractivity contribution in [2.24, 2.45) is 5.92 Å². The minimum atomic E-state index is -1.90. The molecule has 0 spiro atoms. The Kier molecular flexibility index (Phi) is 7.20. The number of carbonyl (C=O) groups is 1. The second-order valence-electron chi connectivity index (χ2n) is 8.94. The molecule has 0 bridgehead atoms. The summed E-state index contributed by atoms with van der Waals surface area (Å²) in [6.45, 7) is 2.16. The van der Waals surface area contributed by atoms with Gasteiger partial charge in [-0.3, -0.25) is 9.69 Å². The average molecular weight is 481 g/mol. The number of aromatic nitrogens is 2. The van der Waals surface area contributed by atoms with Crippen LogP contribution < -0.4 is 10.5 Å². The number of anilines is 1. The maximum absolute atomic E-state index is 15.5. The van der Waals surface area contributed by atoms with Crippen LogP contribution in [0.5, 0.6) is 5.75 Å². The van der Waals surface area contributed by atoms with Crippen molar-refractivity contribution >= 4 is 11.9 Å². The Labute approximate surface area is 194 Å². The Morgan fingerprint density at radius 3 is 2.24 bits per heavy atom. The van der Waals surface area contributed by atoms with Gasteiger partial charge in [-0.15, -0.1) is 0 Å². The summed E-state index contributed by atoms with van der Waals surface area (Å²) in [4.78, 5) is 24.4. The van der Waals surface area contributed by atoms with E-state index in [-0.39, 0.29) is 31.3 Å². The van der Waals surface area contributed by atoms with Gasteiger partial charge in [0.05, 0.1) is 6.61 Å². The number of benzene rings is 1. The van der Waals surface area contributed by atoms with E-state index in [1.54, 1.807) is 12.4 Å². The van der Waals surface area contributed by atoms with Crippen LogP contribution in [0.25, 0.3) is 0 Å². The van der Waals surface area contributed by atoms with E-state index in [4.69, 9.17) is 10.5 Å². The van der Waals surface area contributed by atoms with Gasteiger partial charge >= 0.3 is 0 Å². The van der Waals surface area contributed by atoms with Crippen LogP contribution in [0.4, 0.5) is 23.5 Å². The van der Waals surface area contributed by atoms with Crippen LogP contribution >= 0.6 is 0 Å². The van der Waals surface area contributed by atoms with E-state index in [1.807, 2.05) is 0 Å². The van der Waals surface area contributed by atoms with Crippen LogP contribution in [0.2, 0.25) is 0 Å². The predicted molar refractivity (Wildman–Crippen MR) is 116 cm³/mol. The first kappa shape index (κ1) is 24.2. The number of alkyl halides is 1. The second-order valence-corrected chi connectivity index (χ2v) is 8.94. The topological polar surface area (TPSA) is 84.6 Å². The zero-order chi connectivity index (χ0) is 24.3. The number of hydrogen-bond donors (Lipinski definition) is 1. The van der Waals surface area contributed by atoms with Gasteiger partial charge in [0.1, 0.15) is 5.82 Å². The van der Waals surface area contributed by atoms with Gasteiger partial charge in [-0.05, 0) is 18.8 Å². The zero-order valence-electron chi connectivity index (χ0n) is 18.7. The van der Waals surface area contributed by atoms with E-state index >= 15 is 4.39 Å². The first-order chi connectivity index (χ1) is 16.2. The number of carbonyl (C=O) groups excluding carboxylic acids is 1. The zero-order valence-corrected chi connectivity index (χ0v) is 18.7. The molecule has 3 heterocycles. The number of amides is 1. The molecule has 7 nitrogen and oxygen atoms in total. The lowest BCUT2D eigenvalue weighted by Gasteiger charge is -2.40. The molecule has 2 saturated heterocycles. The Bertz CT molecular complexity index is 984. The highest BCUT2D eigenvalue weighted by Gasteiger charge is 2.44. The number of hydrogen-bond acceptors (Lipinski definition) is 6. The maximum atomic E-state index is 15.5. The third-order valence-corrected chi connectivity index (χ3v) is 6.49. The summed E-state index contributed by atoms with van der Waals surface area (Å²) in [5, 5.41) is 0. The van der Waals surface area contributed by atoms with Gasteiger partial charge < -0.3 is 15.4 Å². The average Bonchev–Trinajstić information content (AvgIpc) is 2.81. The van der Waals surface area contributed by atoms with Crippen LogP contribution in [0, 0.1) is 23.4 Å². The number of halogens is 4. The van der Waals surface area contributed by atoms with Crippen molar-refractivity contribution in [2.45, 2.75) is 37.9 Å². The summed E-state index contributed by atoms with van der Waals surface area (Å²) in [6.07, 6.45) is 4.53. The quantitative estimate of drug-likeness (QED) is 0.639. The number of nitrogen functional groups attached to an aromatic ring is 1. The van der Waals surface area contributed by atoms with E-state index in [0.29, 0.717) is 57.7 Å². The van der Waals surface area contributed by atoms with Crippen LogP contribution in [-0.2, 0) is 11.3 Å². The lowest BCUT2D eigenvalue weighted by atomic mass is 9.89. The second kappa shape index (κ2) is 10.1. The maximum Gasteiger partial charge on any atom is 0.260 e. The third kappa shape index (κ3) is 5.57.